The van der Waals surface area contributed by atoms with Crippen LogP contribution in [0.5, 0.6) is 11.5 Å². The minimum atomic E-state index is -0.357. The lowest BCUT2D eigenvalue weighted by atomic mass is 10.1. The van der Waals surface area contributed by atoms with E-state index >= 15 is 0 Å². The van der Waals surface area contributed by atoms with Crippen LogP contribution < -0.4 is 10.5 Å². The highest BCUT2D eigenvalue weighted by Gasteiger charge is 2.08. The van der Waals surface area contributed by atoms with Gasteiger partial charge in [-0.1, -0.05) is 30.3 Å². The van der Waals surface area contributed by atoms with Crippen LogP contribution in [0.2, 0.25) is 0 Å². The standard InChI is InChI=1S/C17H13BrFNO/c18-17-15-4-2-1-3-12(15)5-6-16(17)21-14-8-11(10-20)7-13(19)9-14/h1-9H,10,20H2. The van der Waals surface area contributed by atoms with E-state index in [2.05, 4.69) is 15.9 Å². The quantitative estimate of drug-likeness (QED) is 0.725. The third-order valence-corrected chi connectivity index (χ3v) is 4.04. The molecule has 106 valence electrons. The van der Waals surface area contributed by atoms with Crippen LogP contribution in [-0.2, 0) is 6.54 Å². The fourth-order valence-corrected chi connectivity index (χ4v) is 2.79. The molecular weight excluding hydrogens is 333 g/mol. The first-order valence-electron chi connectivity index (χ1n) is 6.52. The molecule has 0 aliphatic carbocycles. The highest BCUT2D eigenvalue weighted by atomic mass is 79.9. The number of hydrogen-bond acceptors (Lipinski definition) is 2. The van der Waals surface area contributed by atoms with Gasteiger partial charge in [0, 0.05) is 12.6 Å². The number of halogens is 2. The SMILES string of the molecule is NCc1cc(F)cc(Oc2ccc3ccccc3c2Br)c1. The Balaban J connectivity index is 2.02. The summed E-state index contributed by atoms with van der Waals surface area (Å²) in [6.07, 6.45) is 0. The molecule has 0 saturated carbocycles. The molecule has 0 saturated heterocycles. The molecule has 0 aromatic heterocycles. The summed E-state index contributed by atoms with van der Waals surface area (Å²) in [4.78, 5) is 0. The van der Waals surface area contributed by atoms with Crippen LogP contribution in [0, 0.1) is 5.82 Å². The van der Waals surface area contributed by atoms with Crippen LogP contribution in [0.3, 0.4) is 0 Å². The fraction of sp³-hybridized carbons (Fsp3) is 0.0588. The van der Waals surface area contributed by atoms with Crippen molar-refractivity contribution in [3.8, 4) is 11.5 Å². The van der Waals surface area contributed by atoms with Gasteiger partial charge in [-0.25, -0.2) is 4.39 Å². The minimum Gasteiger partial charge on any atom is -0.456 e. The van der Waals surface area contributed by atoms with Crippen LogP contribution in [0.1, 0.15) is 5.56 Å². The van der Waals surface area contributed by atoms with Gasteiger partial charge in [0.2, 0.25) is 0 Å². The largest absolute Gasteiger partial charge is 0.456 e. The highest BCUT2D eigenvalue weighted by molar-refractivity contribution is 9.10. The molecule has 3 aromatic rings. The summed E-state index contributed by atoms with van der Waals surface area (Å²) in [7, 11) is 0. The first-order valence-corrected chi connectivity index (χ1v) is 7.31. The minimum absolute atomic E-state index is 0.271. The molecule has 3 rings (SSSR count). The maximum Gasteiger partial charge on any atom is 0.142 e. The highest BCUT2D eigenvalue weighted by Crippen LogP contribution is 2.36. The number of rotatable bonds is 3. The second-order valence-corrected chi connectivity index (χ2v) is 5.49. The van der Waals surface area contributed by atoms with Gasteiger partial charge in [0.15, 0.2) is 0 Å². The molecule has 0 amide bonds. The van der Waals surface area contributed by atoms with Gasteiger partial charge < -0.3 is 10.5 Å². The van der Waals surface area contributed by atoms with Crippen LogP contribution in [0.4, 0.5) is 4.39 Å². The molecule has 0 aliphatic heterocycles. The van der Waals surface area contributed by atoms with Gasteiger partial charge in [-0.05, 0) is 50.5 Å². The molecule has 0 aliphatic rings. The Morgan fingerprint density at radius 3 is 2.67 bits per heavy atom. The zero-order valence-electron chi connectivity index (χ0n) is 11.1. The van der Waals surface area contributed by atoms with Gasteiger partial charge in [0.1, 0.15) is 17.3 Å². The smallest absolute Gasteiger partial charge is 0.142 e. The Kier molecular flexibility index (Phi) is 3.90. The van der Waals surface area contributed by atoms with Crippen LogP contribution in [0.15, 0.2) is 59.1 Å². The summed E-state index contributed by atoms with van der Waals surface area (Å²) in [5.74, 6) is 0.721. The zero-order chi connectivity index (χ0) is 14.8. The van der Waals surface area contributed by atoms with E-state index < -0.39 is 0 Å². The van der Waals surface area contributed by atoms with Crippen LogP contribution in [0.25, 0.3) is 10.8 Å². The summed E-state index contributed by atoms with van der Waals surface area (Å²) in [5, 5.41) is 2.16. The summed E-state index contributed by atoms with van der Waals surface area (Å²) < 4.78 is 20.2. The van der Waals surface area contributed by atoms with E-state index in [0.29, 0.717) is 17.1 Å². The van der Waals surface area contributed by atoms with Crippen molar-refractivity contribution in [2.24, 2.45) is 5.73 Å². The summed E-state index contributed by atoms with van der Waals surface area (Å²) in [6.45, 7) is 0.271. The summed E-state index contributed by atoms with van der Waals surface area (Å²) >= 11 is 3.55. The van der Waals surface area contributed by atoms with Gasteiger partial charge in [0.25, 0.3) is 0 Å². The summed E-state index contributed by atoms with van der Waals surface area (Å²) in [5.41, 5.74) is 6.25. The molecule has 2 nitrogen and oxygen atoms in total. The van der Waals surface area contributed by atoms with Crippen molar-refractivity contribution in [1.29, 1.82) is 0 Å². The zero-order valence-corrected chi connectivity index (χ0v) is 12.7. The van der Waals surface area contributed by atoms with Crippen molar-refractivity contribution < 1.29 is 9.13 Å². The van der Waals surface area contributed by atoms with Crippen LogP contribution >= 0.6 is 15.9 Å². The second kappa shape index (κ2) is 5.84. The first-order chi connectivity index (χ1) is 10.2. The van der Waals surface area contributed by atoms with E-state index in [1.54, 1.807) is 6.07 Å². The predicted octanol–water partition coefficient (Wildman–Crippen LogP) is 4.99. The molecule has 3 aromatic carbocycles. The first kappa shape index (κ1) is 14.0. The number of hydrogen-bond donors (Lipinski definition) is 1. The molecule has 0 unspecified atom stereocenters. The van der Waals surface area contributed by atoms with Crippen LogP contribution in [-0.4, -0.2) is 0 Å². The molecule has 0 heterocycles. The number of benzene rings is 3. The monoisotopic (exact) mass is 345 g/mol. The Morgan fingerprint density at radius 1 is 1.05 bits per heavy atom. The number of nitrogens with two attached hydrogens (primary N) is 1. The number of fused-ring (bicyclic) bond motifs is 1. The summed E-state index contributed by atoms with van der Waals surface area (Å²) in [6, 6.07) is 16.3. The molecule has 0 atom stereocenters. The second-order valence-electron chi connectivity index (χ2n) is 4.70. The Bertz CT molecular complexity index is 804. The lowest BCUT2D eigenvalue weighted by Gasteiger charge is -2.11. The van der Waals surface area contributed by atoms with Crippen molar-refractivity contribution in [3.05, 3.63) is 70.5 Å². The van der Waals surface area contributed by atoms with Gasteiger partial charge >= 0.3 is 0 Å². The average molecular weight is 346 g/mol. The third kappa shape index (κ3) is 2.91. The Morgan fingerprint density at radius 2 is 1.86 bits per heavy atom. The molecule has 0 fully saturated rings. The van der Waals surface area contributed by atoms with Crippen molar-refractivity contribution in [2.45, 2.75) is 6.54 Å². The van der Waals surface area contributed by atoms with E-state index in [1.165, 1.54) is 12.1 Å². The molecular formula is C17H13BrFNO. The topological polar surface area (TPSA) is 35.2 Å². The Labute approximate surface area is 130 Å². The molecule has 21 heavy (non-hydrogen) atoms. The molecule has 0 radical (unpaired) electrons. The van der Waals surface area contributed by atoms with Crippen molar-refractivity contribution in [3.63, 3.8) is 0 Å². The molecule has 0 bridgehead atoms. The van der Waals surface area contributed by atoms with Crippen molar-refractivity contribution in [1.82, 2.24) is 0 Å². The van der Waals surface area contributed by atoms with E-state index in [1.807, 2.05) is 36.4 Å². The lowest BCUT2D eigenvalue weighted by molar-refractivity contribution is 0.474. The van der Waals surface area contributed by atoms with Crippen molar-refractivity contribution in [2.75, 3.05) is 0 Å². The normalized spacial score (nSPS) is 10.8. The maximum absolute atomic E-state index is 13.5. The molecule has 0 spiro atoms. The van der Waals surface area contributed by atoms with Gasteiger partial charge in [0.05, 0.1) is 4.47 Å². The van der Waals surface area contributed by atoms with Gasteiger partial charge in [-0.15, -0.1) is 0 Å². The van der Waals surface area contributed by atoms with E-state index in [0.717, 1.165) is 15.2 Å². The van der Waals surface area contributed by atoms with Gasteiger partial charge in [-0.3, -0.25) is 0 Å². The maximum atomic E-state index is 13.5. The van der Waals surface area contributed by atoms with E-state index in [4.69, 9.17) is 10.5 Å². The fourth-order valence-electron chi connectivity index (χ4n) is 2.22. The van der Waals surface area contributed by atoms with E-state index in [9.17, 15) is 4.39 Å². The number of ether oxygens (including phenoxy) is 1. The lowest BCUT2D eigenvalue weighted by Crippen LogP contribution is -1.97. The third-order valence-electron chi connectivity index (χ3n) is 3.22. The van der Waals surface area contributed by atoms with E-state index in [-0.39, 0.29) is 12.4 Å². The Hall–Kier alpha value is -1.91. The average Bonchev–Trinajstić information content (AvgIpc) is 2.50. The molecule has 2 N–H and O–H groups in total. The van der Waals surface area contributed by atoms with Gasteiger partial charge in [-0.2, -0.15) is 0 Å². The molecule has 4 heteroatoms. The predicted molar refractivity (Wildman–Crippen MR) is 86.0 cm³/mol. The van der Waals surface area contributed by atoms with Crippen molar-refractivity contribution >= 4 is 26.7 Å².